The van der Waals surface area contributed by atoms with Crippen LogP contribution in [-0.4, -0.2) is 43.4 Å². The van der Waals surface area contributed by atoms with Gasteiger partial charge in [-0.2, -0.15) is 0 Å². The van der Waals surface area contributed by atoms with Gasteiger partial charge in [0.25, 0.3) is 5.91 Å². The molecule has 0 saturated carbocycles. The summed E-state index contributed by atoms with van der Waals surface area (Å²) in [6.07, 6.45) is 2.57. The number of hydrogen-bond donors (Lipinski definition) is 2. The van der Waals surface area contributed by atoms with Crippen molar-refractivity contribution < 1.29 is 9.59 Å². The number of nitrogens with one attached hydrogen (secondary N) is 2. The highest BCUT2D eigenvalue weighted by Gasteiger charge is 2.19. The number of carbonyl (C=O) groups excluding carboxylic acids is 2. The van der Waals surface area contributed by atoms with Crippen LogP contribution in [0, 0.1) is 0 Å². The Balaban J connectivity index is 2.00. The molecular formula is C15H21N3O2. The number of carbonyl (C=O) groups is 2. The molecule has 5 nitrogen and oxygen atoms in total. The van der Waals surface area contributed by atoms with E-state index >= 15 is 0 Å². The molecule has 2 N–H and O–H groups in total. The van der Waals surface area contributed by atoms with Gasteiger partial charge >= 0.3 is 0 Å². The standard InChI is InChI=1S/C15H21N3O2/c1-16-8-7-14(19)17-13-6-4-5-12(11-13)15(20)18-9-2-3-10-18/h4-6,11,16H,2-3,7-10H2,1H3,(H,17,19). The first-order valence-corrected chi connectivity index (χ1v) is 7.04. The molecule has 0 radical (unpaired) electrons. The van der Waals surface area contributed by atoms with E-state index in [-0.39, 0.29) is 11.8 Å². The van der Waals surface area contributed by atoms with Gasteiger partial charge in [0, 0.05) is 37.3 Å². The van der Waals surface area contributed by atoms with Crippen LogP contribution in [0.1, 0.15) is 29.6 Å². The molecule has 20 heavy (non-hydrogen) atoms. The lowest BCUT2D eigenvalue weighted by Crippen LogP contribution is -2.27. The molecular weight excluding hydrogens is 254 g/mol. The maximum Gasteiger partial charge on any atom is 0.253 e. The van der Waals surface area contributed by atoms with E-state index in [1.807, 2.05) is 11.9 Å². The number of nitrogens with zero attached hydrogens (tertiary/aromatic N) is 1. The van der Waals surface area contributed by atoms with E-state index in [1.165, 1.54) is 0 Å². The Bertz CT molecular complexity index is 482. The smallest absolute Gasteiger partial charge is 0.253 e. The largest absolute Gasteiger partial charge is 0.339 e. The topological polar surface area (TPSA) is 61.4 Å². The van der Waals surface area contributed by atoms with Gasteiger partial charge in [-0.1, -0.05) is 6.07 Å². The first-order chi connectivity index (χ1) is 9.70. The van der Waals surface area contributed by atoms with Crippen LogP contribution in [0.4, 0.5) is 5.69 Å². The molecule has 1 aromatic rings. The van der Waals surface area contributed by atoms with Gasteiger partial charge in [0.1, 0.15) is 0 Å². The fourth-order valence-corrected chi connectivity index (χ4v) is 2.29. The zero-order valence-corrected chi connectivity index (χ0v) is 11.8. The fourth-order valence-electron chi connectivity index (χ4n) is 2.29. The van der Waals surface area contributed by atoms with Crippen molar-refractivity contribution in [2.24, 2.45) is 0 Å². The predicted octanol–water partition coefficient (Wildman–Crippen LogP) is 1.47. The van der Waals surface area contributed by atoms with Gasteiger partial charge in [0.15, 0.2) is 0 Å². The third-order valence-corrected chi connectivity index (χ3v) is 3.39. The van der Waals surface area contributed by atoms with Crippen LogP contribution in [0.2, 0.25) is 0 Å². The van der Waals surface area contributed by atoms with Crippen LogP contribution >= 0.6 is 0 Å². The summed E-state index contributed by atoms with van der Waals surface area (Å²) in [4.78, 5) is 25.8. The molecule has 1 heterocycles. The number of amides is 2. The number of rotatable bonds is 5. The van der Waals surface area contributed by atoms with Gasteiger partial charge in [-0.25, -0.2) is 0 Å². The lowest BCUT2D eigenvalue weighted by atomic mass is 10.1. The second-order valence-electron chi connectivity index (χ2n) is 4.98. The molecule has 108 valence electrons. The lowest BCUT2D eigenvalue weighted by Gasteiger charge is -2.15. The number of likely N-dealkylation sites (tertiary alicyclic amines) is 1. The molecule has 1 aliphatic heterocycles. The normalized spacial score (nSPS) is 14.3. The minimum Gasteiger partial charge on any atom is -0.339 e. The van der Waals surface area contributed by atoms with E-state index in [0.29, 0.717) is 24.2 Å². The molecule has 1 saturated heterocycles. The molecule has 0 bridgehead atoms. The maximum absolute atomic E-state index is 12.3. The van der Waals surface area contributed by atoms with Crippen molar-refractivity contribution in [2.75, 3.05) is 32.0 Å². The molecule has 0 aromatic heterocycles. The van der Waals surface area contributed by atoms with E-state index in [2.05, 4.69) is 10.6 Å². The first kappa shape index (κ1) is 14.5. The number of hydrogen-bond acceptors (Lipinski definition) is 3. The zero-order valence-electron chi connectivity index (χ0n) is 11.8. The van der Waals surface area contributed by atoms with Crippen molar-refractivity contribution in [3.63, 3.8) is 0 Å². The fraction of sp³-hybridized carbons (Fsp3) is 0.467. The third kappa shape index (κ3) is 3.81. The van der Waals surface area contributed by atoms with E-state index in [9.17, 15) is 9.59 Å². The monoisotopic (exact) mass is 275 g/mol. The summed E-state index contributed by atoms with van der Waals surface area (Å²) in [5, 5.41) is 5.74. The minimum absolute atomic E-state index is 0.0498. The van der Waals surface area contributed by atoms with Crippen LogP contribution in [0.3, 0.4) is 0 Å². The summed E-state index contributed by atoms with van der Waals surface area (Å²) >= 11 is 0. The van der Waals surface area contributed by atoms with Crippen molar-refractivity contribution in [2.45, 2.75) is 19.3 Å². The van der Waals surface area contributed by atoms with Crippen LogP contribution in [-0.2, 0) is 4.79 Å². The van der Waals surface area contributed by atoms with Gasteiger partial charge < -0.3 is 15.5 Å². The lowest BCUT2D eigenvalue weighted by molar-refractivity contribution is -0.116. The molecule has 0 unspecified atom stereocenters. The van der Waals surface area contributed by atoms with Crippen molar-refractivity contribution in [3.8, 4) is 0 Å². The van der Waals surface area contributed by atoms with Crippen molar-refractivity contribution in [1.29, 1.82) is 0 Å². The number of anilines is 1. The molecule has 1 aromatic carbocycles. The predicted molar refractivity (Wildman–Crippen MR) is 78.8 cm³/mol. The van der Waals surface area contributed by atoms with Gasteiger partial charge in [-0.05, 0) is 38.1 Å². The molecule has 1 aliphatic rings. The van der Waals surface area contributed by atoms with E-state index in [0.717, 1.165) is 25.9 Å². The third-order valence-electron chi connectivity index (χ3n) is 3.39. The highest BCUT2D eigenvalue weighted by molar-refractivity contribution is 5.97. The first-order valence-electron chi connectivity index (χ1n) is 7.04. The van der Waals surface area contributed by atoms with E-state index in [4.69, 9.17) is 0 Å². The van der Waals surface area contributed by atoms with Crippen molar-refractivity contribution >= 4 is 17.5 Å². The van der Waals surface area contributed by atoms with E-state index < -0.39 is 0 Å². The molecule has 2 amide bonds. The summed E-state index contributed by atoms with van der Waals surface area (Å²) in [5.74, 6) is -0.000977. The van der Waals surface area contributed by atoms with Crippen molar-refractivity contribution in [1.82, 2.24) is 10.2 Å². The average molecular weight is 275 g/mol. The van der Waals surface area contributed by atoms with Crippen molar-refractivity contribution in [3.05, 3.63) is 29.8 Å². The van der Waals surface area contributed by atoms with Crippen LogP contribution in [0.25, 0.3) is 0 Å². The highest BCUT2D eigenvalue weighted by Crippen LogP contribution is 2.16. The Kier molecular flexibility index (Phi) is 5.12. The van der Waals surface area contributed by atoms with Crippen LogP contribution < -0.4 is 10.6 Å². The van der Waals surface area contributed by atoms with Crippen LogP contribution in [0.15, 0.2) is 24.3 Å². The molecule has 1 fully saturated rings. The summed E-state index contributed by atoms with van der Waals surface area (Å²) in [5.41, 5.74) is 1.31. The second kappa shape index (κ2) is 7.05. The Labute approximate surface area is 119 Å². The molecule has 0 spiro atoms. The average Bonchev–Trinajstić information content (AvgIpc) is 2.98. The highest BCUT2D eigenvalue weighted by atomic mass is 16.2. The minimum atomic E-state index is -0.0508. The van der Waals surface area contributed by atoms with Crippen LogP contribution in [0.5, 0.6) is 0 Å². The second-order valence-corrected chi connectivity index (χ2v) is 4.98. The Morgan fingerprint density at radius 1 is 1.25 bits per heavy atom. The quantitative estimate of drug-likeness (QED) is 0.855. The van der Waals surface area contributed by atoms with Gasteiger partial charge in [-0.3, -0.25) is 9.59 Å². The maximum atomic E-state index is 12.3. The SMILES string of the molecule is CNCCC(=O)Nc1cccc(C(=O)N2CCCC2)c1. The summed E-state index contributed by atoms with van der Waals surface area (Å²) < 4.78 is 0. The molecule has 0 atom stereocenters. The Morgan fingerprint density at radius 2 is 2.00 bits per heavy atom. The Morgan fingerprint density at radius 3 is 2.70 bits per heavy atom. The summed E-state index contributed by atoms with van der Waals surface area (Å²) in [6.45, 7) is 2.30. The number of benzene rings is 1. The summed E-state index contributed by atoms with van der Waals surface area (Å²) in [6, 6.07) is 7.15. The molecule has 5 heteroatoms. The van der Waals surface area contributed by atoms with Gasteiger partial charge in [0.2, 0.25) is 5.91 Å². The van der Waals surface area contributed by atoms with Gasteiger partial charge in [-0.15, -0.1) is 0 Å². The van der Waals surface area contributed by atoms with Gasteiger partial charge in [0.05, 0.1) is 0 Å². The molecule has 0 aliphatic carbocycles. The zero-order chi connectivity index (χ0) is 14.4. The summed E-state index contributed by atoms with van der Waals surface area (Å²) in [7, 11) is 1.81. The Hall–Kier alpha value is -1.88. The van der Waals surface area contributed by atoms with E-state index in [1.54, 1.807) is 24.3 Å². The molecule has 2 rings (SSSR count).